The average Bonchev–Trinajstić information content (AvgIpc) is 3.15. The zero-order valence-corrected chi connectivity index (χ0v) is 16.6. The predicted molar refractivity (Wildman–Crippen MR) is 108 cm³/mol. The Bertz CT molecular complexity index is 811. The van der Waals surface area contributed by atoms with Crippen molar-refractivity contribution in [2.45, 2.75) is 25.9 Å². The Morgan fingerprint density at radius 3 is 2.84 bits per heavy atom. The van der Waals surface area contributed by atoms with Crippen molar-refractivity contribution < 1.29 is 8.81 Å². The van der Waals surface area contributed by atoms with Gasteiger partial charge < -0.3 is 15.5 Å². The number of hydrogen-bond acceptors (Lipinski definition) is 5. The lowest BCUT2D eigenvalue weighted by molar-refractivity contribution is 0.428. The summed E-state index contributed by atoms with van der Waals surface area (Å²) >= 11 is 7.72. The van der Waals surface area contributed by atoms with Crippen molar-refractivity contribution in [3.05, 3.63) is 45.8 Å². The SMILES string of the molecule is Cc1c(C[C@@H](N)CF)sc2c(NCc3ccco3)cc(Cl)nc12.Cl.Cl. The summed E-state index contributed by atoms with van der Waals surface area (Å²) in [7, 11) is 0. The fourth-order valence-electron chi connectivity index (χ4n) is 2.41. The van der Waals surface area contributed by atoms with Gasteiger partial charge in [0.05, 0.1) is 28.7 Å². The van der Waals surface area contributed by atoms with Gasteiger partial charge in [0.15, 0.2) is 0 Å². The molecule has 3 rings (SSSR count). The van der Waals surface area contributed by atoms with Gasteiger partial charge in [-0.05, 0) is 31.0 Å². The van der Waals surface area contributed by atoms with Crippen LogP contribution in [-0.2, 0) is 13.0 Å². The Morgan fingerprint density at radius 2 is 2.20 bits per heavy atom. The predicted octanol–water partition coefficient (Wildman–Crippen LogP) is 5.15. The number of nitrogens with two attached hydrogens (primary N) is 1. The first-order valence-electron chi connectivity index (χ1n) is 7.24. The molecular weight excluding hydrogens is 408 g/mol. The molecule has 0 saturated heterocycles. The number of aryl methyl sites for hydroxylation is 1. The third-order valence-electron chi connectivity index (χ3n) is 3.62. The summed E-state index contributed by atoms with van der Waals surface area (Å²) in [4.78, 5) is 5.46. The molecule has 4 nitrogen and oxygen atoms in total. The van der Waals surface area contributed by atoms with Crippen molar-refractivity contribution >= 4 is 63.7 Å². The van der Waals surface area contributed by atoms with Crippen LogP contribution >= 0.6 is 47.8 Å². The third kappa shape index (κ3) is 4.99. The normalized spacial score (nSPS) is 11.7. The second kappa shape index (κ2) is 9.59. The van der Waals surface area contributed by atoms with Crippen molar-refractivity contribution in [3.8, 4) is 0 Å². The fraction of sp³-hybridized carbons (Fsp3) is 0.312. The topological polar surface area (TPSA) is 64.1 Å². The number of pyridine rings is 1. The second-order valence-electron chi connectivity index (χ2n) is 5.37. The summed E-state index contributed by atoms with van der Waals surface area (Å²) in [5, 5.41) is 3.74. The van der Waals surface area contributed by atoms with Crippen LogP contribution in [-0.4, -0.2) is 17.7 Å². The van der Waals surface area contributed by atoms with Crippen LogP contribution in [0, 0.1) is 6.92 Å². The van der Waals surface area contributed by atoms with Gasteiger partial charge in [0.2, 0.25) is 0 Å². The molecule has 0 radical (unpaired) electrons. The smallest absolute Gasteiger partial charge is 0.131 e. The van der Waals surface area contributed by atoms with Crippen LogP contribution in [0.1, 0.15) is 16.2 Å². The van der Waals surface area contributed by atoms with Gasteiger partial charge in [0.25, 0.3) is 0 Å². The van der Waals surface area contributed by atoms with E-state index in [0.29, 0.717) is 18.1 Å². The molecule has 9 heteroatoms. The maximum atomic E-state index is 12.7. The minimum absolute atomic E-state index is 0. The maximum Gasteiger partial charge on any atom is 0.131 e. The molecule has 3 heterocycles. The van der Waals surface area contributed by atoms with Gasteiger partial charge in [0.1, 0.15) is 17.6 Å². The molecule has 0 aliphatic heterocycles. The lowest BCUT2D eigenvalue weighted by atomic mass is 10.1. The van der Waals surface area contributed by atoms with Crippen LogP contribution in [0.15, 0.2) is 28.9 Å². The maximum absolute atomic E-state index is 12.7. The Labute approximate surface area is 166 Å². The Kier molecular flexibility index (Phi) is 8.44. The van der Waals surface area contributed by atoms with E-state index in [2.05, 4.69) is 10.3 Å². The van der Waals surface area contributed by atoms with E-state index >= 15 is 0 Å². The number of nitrogens with one attached hydrogen (secondary N) is 1. The highest BCUT2D eigenvalue weighted by molar-refractivity contribution is 7.19. The van der Waals surface area contributed by atoms with Crippen molar-refractivity contribution in [2.75, 3.05) is 12.0 Å². The number of fused-ring (bicyclic) bond motifs is 1. The number of anilines is 1. The molecule has 0 fully saturated rings. The lowest BCUT2D eigenvalue weighted by Gasteiger charge is -2.06. The Hall–Kier alpha value is -1.05. The number of rotatable bonds is 6. The fourth-order valence-corrected chi connectivity index (χ4v) is 3.93. The summed E-state index contributed by atoms with van der Waals surface area (Å²) in [5.74, 6) is 0.832. The number of aromatic nitrogens is 1. The molecule has 0 spiro atoms. The van der Waals surface area contributed by atoms with Crippen LogP contribution in [0.2, 0.25) is 5.15 Å². The largest absolute Gasteiger partial charge is 0.467 e. The standard InChI is InChI=1S/C16H17ClFN3OS.2ClH/c1-9-13(5-10(19)7-18)23-16-12(6-14(17)21-15(9)16)20-8-11-3-2-4-22-11;;/h2-4,6,10H,5,7-8,19H2,1H3,(H,20,21);2*1H/t10-;;/m1../s1. The molecule has 0 aliphatic rings. The van der Waals surface area contributed by atoms with Crippen LogP contribution in [0.5, 0.6) is 0 Å². The molecule has 0 amide bonds. The van der Waals surface area contributed by atoms with E-state index in [4.69, 9.17) is 21.8 Å². The van der Waals surface area contributed by atoms with E-state index < -0.39 is 12.7 Å². The highest BCUT2D eigenvalue weighted by atomic mass is 35.5. The molecule has 0 saturated carbocycles. The van der Waals surface area contributed by atoms with Crippen molar-refractivity contribution in [2.24, 2.45) is 5.73 Å². The molecule has 0 aromatic carbocycles. The van der Waals surface area contributed by atoms with Crippen molar-refractivity contribution in [1.82, 2.24) is 4.98 Å². The van der Waals surface area contributed by atoms with Crippen LogP contribution in [0.3, 0.4) is 0 Å². The summed E-state index contributed by atoms with van der Waals surface area (Å²) in [5.41, 5.74) is 8.49. The molecule has 138 valence electrons. The Balaban J connectivity index is 0.00000156. The number of thiophene rings is 1. The molecule has 0 bridgehead atoms. The first kappa shape index (κ1) is 22.0. The highest BCUT2D eigenvalue weighted by Gasteiger charge is 2.16. The first-order valence-corrected chi connectivity index (χ1v) is 8.44. The van der Waals surface area contributed by atoms with Gasteiger partial charge in [-0.25, -0.2) is 9.37 Å². The van der Waals surface area contributed by atoms with Gasteiger partial charge in [-0.15, -0.1) is 36.2 Å². The number of hydrogen-bond donors (Lipinski definition) is 2. The van der Waals surface area contributed by atoms with E-state index in [9.17, 15) is 4.39 Å². The Morgan fingerprint density at radius 1 is 1.44 bits per heavy atom. The minimum atomic E-state index is -0.536. The average molecular weight is 427 g/mol. The van der Waals surface area contributed by atoms with Crippen molar-refractivity contribution in [1.29, 1.82) is 0 Å². The van der Waals surface area contributed by atoms with E-state index in [1.807, 2.05) is 19.1 Å². The molecule has 3 aromatic heterocycles. The minimum Gasteiger partial charge on any atom is -0.467 e. The van der Waals surface area contributed by atoms with E-state index in [-0.39, 0.29) is 24.8 Å². The quantitative estimate of drug-likeness (QED) is 0.535. The number of alkyl halides is 1. The van der Waals surface area contributed by atoms with E-state index in [1.54, 1.807) is 23.7 Å². The number of halogens is 4. The molecule has 0 aliphatic carbocycles. The summed E-state index contributed by atoms with van der Waals surface area (Å²) in [6.45, 7) is 1.99. The van der Waals surface area contributed by atoms with Crippen molar-refractivity contribution in [3.63, 3.8) is 0 Å². The lowest BCUT2D eigenvalue weighted by Crippen LogP contribution is -2.24. The molecule has 25 heavy (non-hydrogen) atoms. The van der Waals surface area contributed by atoms with Crippen LogP contribution in [0.4, 0.5) is 10.1 Å². The molecule has 3 N–H and O–H groups in total. The van der Waals surface area contributed by atoms with Gasteiger partial charge in [-0.2, -0.15) is 0 Å². The zero-order chi connectivity index (χ0) is 16.4. The third-order valence-corrected chi connectivity index (χ3v) is 5.15. The summed E-state index contributed by atoms with van der Waals surface area (Å²) in [6, 6.07) is 5.05. The van der Waals surface area contributed by atoms with Gasteiger partial charge in [0, 0.05) is 17.0 Å². The number of nitrogens with zero attached hydrogens (tertiary/aromatic N) is 1. The van der Waals surface area contributed by atoms with Gasteiger partial charge in [-0.3, -0.25) is 0 Å². The van der Waals surface area contributed by atoms with Gasteiger partial charge in [-0.1, -0.05) is 11.6 Å². The highest BCUT2D eigenvalue weighted by Crippen LogP contribution is 2.37. The molecule has 1 atom stereocenters. The molecular formula is C16H19Cl3FN3OS. The van der Waals surface area contributed by atoms with E-state index in [1.165, 1.54) is 0 Å². The second-order valence-corrected chi connectivity index (χ2v) is 6.86. The first-order chi connectivity index (χ1) is 11.1. The van der Waals surface area contributed by atoms with Gasteiger partial charge >= 0.3 is 0 Å². The van der Waals surface area contributed by atoms with Crippen LogP contribution in [0.25, 0.3) is 10.2 Å². The zero-order valence-electron chi connectivity index (χ0n) is 13.4. The monoisotopic (exact) mass is 425 g/mol. The molecule has 3 aromatic rings. The van der Waals surface area contributed by atoms with E-state index in [0.717, 1.165) is 32.1 Å². The number of furan rings is 1. The summed E-state index contributed by atoms with van der Waals surface area (Å²) < 4.78 is 19.0. The summed E-state index contributed by atoms with van der Waals surface area (Å²) in [6.07, 6.45) is 2.14. The molecule has 0 unspecified atom stereocenters. The van der Waals surface area contributed by atoms with Crippen LogP contribution < -0.4 is 11.1 Å².